The van der Waals surface area contributed by atoms with Crippen molar-refractivity contribution in [3.05, 3.63) is 59.4 Å². The van der Waals surface area contributed by atoms with Crippen molar-refractivity contribution in [1.82, 2.24) is 5.01 Å². The van der Waals surface area contributed by atoms with Gasteiger partial charge in [-0.1, -0.05) is 12.1 Å². The lowest BCUT2D eigenvalue weighted by Crippen LogP contribution is -2.34. The number of hydrogen-bond acceptors (Lipinski definition) is 4. The molecule has 0 spiro atoms. The molecule has 7 heteroatoms. The molecule has 2 aromatic rings. The van der Waals surface area contributed by atoms with E-state index in [2.05, 4.69) is 5.10 Å². The predicted octanol–water partition coefficient (Wildman–Crippen LogP) is 2.98. The van der Waals surface area contributed by atoms with Gasteiger partial charge in [-0.2, -0.15) is 10.1 Å². The van der Waals surface area contributed by atoms with Gasteiger partial charge in [-0.3, -0.25) is 0 Å². The summed E-state index contributed by atoms with van der Waals surface area (Å²) in [7, 11) is 0. The molecule has 0 bridgehead atoms. The Kier molecular flexibility index (Phi) is 3.16. The Morgan fingerprint density at radius 1 is 1.29 bits per heavy atom. The number of carbonyl (C=O) groups is 1. The fraction of sp³-hybridized carbons (Fsp3) is 0.176. The summed E-state index contributed by atoms with van der Waals surface area (Å²) in [6, 6.07) is 9.83. The SMILES string of the molecule is O=C(O)N1N=C2c3cc(F)ccc3OC[C@@H]2[C@@H]1c1cccc(O)c1. The number of hydrazone groups is 1. The molecular formula is C17H13FN2O4. The number of aromatic hydroxyl groups is 1. The van der Waals surface area contributed by atoms with Crippen LogP contribution in [0.1, 0.15) is 17.2 Å². The predicted molar refractivity (Wildman–Crippen MR) is 82.6 cm³/mol. The maximum Gasteiger partial charge on any atom is 0.428 e. The van der Waals surface area contributed by atoms with E-state index >= 15 is 0 Å². The molecule has 6 nitrogen and oxygen atoms in total. The van der Waals surface area contributed by atoms with Gasteiger partial charge in [0, 0.05) is 5.56 Å². The summed E-state index contributed by atoms with van der Waals surface area (Å²) in [6.07, 6.45) is -1.22. The summed E-state index contributed by atoms with van der Waals surface area (Å²) in [5, 5.41) is 24.4. The van der Waals surface area contributed by atoms with Crippen molar-refractivity contribution in [3.63, 3.8) is 0 Å². The van der Waals surface area contributed by atoms with E-state index in [-0.39, 0.29) is 18.3 Å². The van der Waals surface area contributed by atoms with E-state index in [0.717, 1.165) is 5.01 Å². The fourth-order valence-electron chi connectivity index (χ4n) is 3.25. The fourth-order valence-corrected chi connectivity index (χ4v) is 3.25. The molecule has 0 fully saturated rings. The maximum atomic E-state index is 13.6. The molecule has 0 aliphatic carbocycles. The molecule has 2 aliphatic rings. The number of nitrogens with zero attached hydrogens (tertiary/aromatic N) is 2. The van der Waals surface area contributed by atoms with E-state index < -0.39 is 18.0 Å². The molecule has 2 N–H and O–H groups in total. The van der Waals surface area contributed by atoms with Crippen molar-refractivity contribution in [2.24, 2.45) is 11.0 Å². The smallest absolute Gasteiger partial charge is 0.428 e. The first-order chi connectivity index (χ1) is 11.5. The van der Waals surface area contributed by atoms with Gasteiger partial charge in [0.1, 0.15) is 17.3 Å². The minimum atomic E-state index is -1.22. The highest BCUT2D eigenvalue weighted by Gasteiger charge is 2.45. The minimum absolute atomic E-state index is 0.0365. The lowest BCUT2D eigenvalue weighted by atomic mass is 9.86. The van der Waals surface area contributed by atoms with Crippen LogP contribution < -0.4 is 4.74 Å². The van der Waals surface area contributed by atoms with Crippen molar-refractivity contribution >= 4 is 11.8 Å². The second-order valence-electron chi connectivity index (χ2n) is 5.71. The zero-order chi connectivity index (χ0) is 16.8. The molecule has 0 saturated carbocycles. The summed E-state index contributed by atoms with van der Waals surface area (Å²) in [5.41, 5.74) is 1.54. The first kappa shape index (κ1) is 14.5. The average molecular weight is 328 g/mol. The number of carboxylic acid groups (broad SMARTS) is 1. The van der Waals surface area contributed by atoms with Crippen LogP contribution in [-0.2, 0) is 0 Å². The third-order valence-corrected chi connectivity index (χ3v) is 4.25. The van der Waals surface area contributed by atoms with Crippen LogP contribution in [0.25, 0.3) is 0 Å². The van der Waals surface area contributed by atoms with Crippen LogP contribution >= 0.6 is 0 Å². The lowest BCUT2D eigenvalue weighted by molar-refractivity contribution is 0.118. The number of amides is 1. The van der Waals surface area contributed by atoms with E-state index in [1.165, 1.54) is 30.3 Å². The van der Waals surface area contributed by atoms with E-state index in [1.54, 1.807) is 12.1 Å². The van der Waals surface area contributed by atoms with Gasteiger partial charge in [-0.25, -0.2) is 9.18 Å². The standard InChI is InChI=1S/C17H13FN2O4/c18-10-4-5-14-12(7-10)15-13(8-24-14)16(20(19-15)17(22)23)9-2-1-3-11(21)6-9/h1-7,13,16,21H,8H2,(H,22,23)/t13-,16-/m0/s1. The number of hydrogen-bond donors (Lipinski definition) is 2. The Labute approximate surface area is 136 Å². The van der Waals surface area contributed by atoms with Gasteiger partial charge in [-0.05, 0) is 35.9 Å². The molecule has 0 saturated heterocycles. The van der Waals surface area contributed by atoms with Crippen LogP contribution in [0, 0.1) is 11.7 Å². The topological polar surface area (TPSA) is 82.4 Å². The molecule has 1 amide bonds. The third-order valence-electron chi connectivity index (χ3n) is 4.25. The molecule has 122 valence electrons. The van der Waals surface area contributed by atoms with Gasteiger partial charge in [0.2, 0.25) is 0 Å². The van der Waals surface area contributed by atoms with Crippen molar-refractivity contribution in [3.8, 4) is 11.5 Å². The third kappa shape index (κ3) is 2.17. The number of ether oxygens (including phenoxy) is 1. The van der Waals surface area contributed by atoms with Gasteiger partial charge < -0.3 is 14.9 Å². The summed E-state index contributed by atoms with van der Waals surface area (Å²) in [6.45, 7) is 0.224. The molecule has 2 aromatic carbocycles. The van der Waals surface area contributed by atoms with Gasteiger partial charge >= 0.3 is 6.09 Å². The van der Waals surface area contributed by atoms with Crippen molar-refractivity contribution in [1.29, 1.82) is 0 Å². The highest BCUT2D eigenvalue weighted by molar-refractivity contribution is 6.07. The van der Waals surface area contributed by atoms with Crippen LogP contribution in [0.2, 0.25) is 0 Å². The average Bonchev–Trinajstić information content (AvgIpc) is 2.95. The van der Waals surface area contributed by atoms with E-state index in [9.17, 15) is 19.4 Å². The Morgan fingerprint density at radius 2 is 2.12 bits per heavy atom. The molecular weight excluding hydrogens is 315 g/mol. The monoisotopic (exact) mass is 328 g/mol. The number of fused-ring (bicyclic) bond motifs is 3. The molecule has 0 radical (unpaired) electrons. The van der Waals surface area contributed by atoms with Gasteiger partial charge in [0.25, 0.3) is 0 Å². The maximum absolute atomic E-state index is 13.6. The molecule has 0 aromatic heterocycles. The molecule has 24 heavy (non-hydrogen) atoms. The second kappa shape index (κ2) is 5.23. The Bertz CT molecular complexity index is 867. The first-order valence-corrected chi connectivity index (χ1v) is 7.37. The van der Waals surface area contributed by atoms with Crippen LogP contribution in [0.4, 0.5) is 9.18 Å². The minimum Gasteiger partial charge on any atom is -0.508 e. The first-order valence-electron chi connectivity index (χ1n) is 7.37. The number of rotatable bonds is 1. The molecule has 0 unspecified atom stereocenters. The van der Waals surface area contributed by atoms with Crippen molar-refractivity contribution in [2.75, 3.05) is 6.61 Å². The van der Waals surface area contributed by atoms with Crippen LogP contribution in [-0.4, -0.2) is 33.6 Å². The number of phenolic OH excluding ortho intramolecular Hbond substituents is 1. The summed E-state index contributed by atoms with van der Waals surface area (Å²) in [4.78, 5) is 11.6. The molecule has 4 rings (SSSR count). The quantitative estimate of drug-likeness (QED) is 0.843. The van der Waals surface area contributed by atoms with Crippen LogP contribution in [0.15, 0.2) is 47.6 Å². The van der Waals surface area contributed by atoms with Crippen molar-refractivity contribution < 1.29 is 24.1 Å². The Balaban J connectivity index is 1.83. The van der Waals surface area contributed by atoms with Gasteiger partial charge in [-0.15, -0.1) is 0 Å². The van der Waals surface area contributed by atoms with Crippen molar-refractivity contribution in [2.45, 2.75) is 6.04 Å². The normalized spacial score (nSPS) is 21.5. The van der Waals surface area contributed by atoms with Crippen LogP contribution in [0.3, 0.4) is 0 Å². The largest absolute Gasteiger partial charge is 0.508 e. The summed E-state index contributed by atoms with van der Waals surface area (Å²) < 4.78 is 19.3. The summed E-state index contributed by atoms with van der Waals surface area (Å²) >= 11 is 0. The van der Waals surface area contributed by atoms with Gasteiger partial charge in [0.05, 0.1) is 24.3 Å². The summed E-state index contributed by atoms with van der Waals surface area (Å²) in [5.74, 6) is -0.302. The number of phenols is 1. The molecule has 2 atom stereocenters. The molecule has 2 heterocycles. The van der Waals surface area contributed by atoms with E-state index in [1.807, 2.05) is 0 Å². The van der Waals surface area contributed by atoms with E-state index in [0.29, 0.717) is 22.6 Å². The Morgan fingerprint density at radius 3 is 2.88 bits per heavy atom. The zero-order valence-electron chi connectivity index (χ0n) is 12.4. The number of halogens is 1. The molecule has 2 aliphatic heterocycles. The highest BCUT2D eigenvalue weighted by Crippen LogP contribution is 2.43. The van der Waals surface area contributed by atoms with Crippen LogP contribution in [0.5, 0.6) is 11.5 Å². The Hall–Kier alpha value is -3.09. The second-order valence-corrected chi connectivity index (χ2v) is 5.71. The van der Waals surface area contributed by atoms with Gasteiger partial charge in [0.15, 0.2) is 0 Å². The highest BCUT2D eigenvalue weighted by atomic mass is 19.1. The van der Waals surface area contributed by atoms with E-state index in [4.69, 9.17) is 4.74 Å². The zero-order valence-corrected chi connectivity index (χ0v) is 12.4. The lowest BCUT2D eigenvalue weighted by Gasteiger charge is -2.28. The number of benzene rings is 2.